The molecule has 0 saturated carbocycles. The minimum Gasteiger partial charge on any atom is -0.489 e. The van der Waals surface area contributed by atoms with E-state index in [9.17, 15) is 4.79 Å². The maximum absolute atomic E-state index is 12.3. The van der Waals surface area contributed by atoms with E-state index in [1.807, 2.05) is 37.7 Å². The van der Waals surface area contributed by atoms with Crippen molar-refractivity contribution in [3.05, 3.63) is 59.2 Å². The van der Waals surface area contributed by atoms with Gasteiger partial charge in [-0.3, -0.25) is 4.79 Å². The van der Waals surface area contributed by atoms with Gasteiger partial charge in [-0.25, -0.2) is 4.98 Å². The lowest BCUT2D eigenvalue weighted by Gasteiger charge is -2.09. The number of carbonyl (C=O) groups excluding carboxylic acids is 1. The molecular weight excluding hydrogens is 364 g/mol. The van der Waals surface area contributed by atoms with E-state index < -0.39 is 0 Å². The van der Waals surface area contributed by atoms with Crippen LogP contribution in [0.2, 0.25) is 0 Å². The monoisotopic (exact) mass is 386 g/mol. The second kappa shape index (κ2) is 8.77. The summed E-state index contributed by atoms with van der Waals surface area (Å²) in [5.41, 5.74) is 2.30. The summed E-state index contributed by atoms with van der Waals surface area (Å²) in [6.45, 7) is 4.64. The molecule has 0 aliphatic carbocycles. The summed E-state index contributed by atoms with van der Waals surface area (Å²) in [7, 11) is 1.95. The predicted molar refractivity (Wildman–Crippen MR) is 103 cm³/mol. The molecule has 0 spiro atoms. The number of hydrogen-bond donors (Lipinski definition) is 1. The third kappa shape index (κ3) is 4.91. The molecule has 8 heteroatoms. The molecule has 0 fully saturated rings. The largest absolute Gasteiger partial charge is 0.489 e. The Bertz CT molecular complexity index is 900. The number of amides is 1. The topological polar surface area (TPSA) is 82.2 Å². The zero-order chi connectivity index (χ0) is 19.2. The van der Waals surface area contributed by atoms with Crippen molar-refractivity contribution in [1.82, 2.24) is 20.0 Å². The molecule has 27 heavy (non-hydrogen) atoms. The number of aryl methyl sites for hydroxylation is 3. The van der Waals surface area contributed by atoms with Crippen LogP contribution in [0.3, 0.4) is 0 Å². The molecular formula is C19H22N4O3S. The van der Waals surface area contributed by atoms with Gasteiger partial charge in [-0.2, -0.15) is 0 Å². The smallest absolute Gasteiger partial charge is 0.251 e. The second-order valence-corrected chi connectivity index (χ2v) is 7.11. The van der Waals surface area contributed by atoms with Crippen molar-refractivity contribution in [3.63, 3.8) is 0 Å². The van der Waals surface area contributed by atoms with Crippen LogP contribution in [-0.4, -0.2) is 32.9 Å². The molecule has 1 N–H and O–H groups in total. The number of thioether (sulfide) groups is 1. The van der Waals surface area contributed by atoms with Crippen molar-refractivity contribution in [2.24, 2.45) is 7.05 Å². The number of nitrogens with one attached hydrogen (secondary N) is 1. The van der Waals surface area contributed by atoms with Gasteiger partial charge in [0.1, 0.15) is 18.1 Å². The molecule has 3 rings (SSSR count). The van der Waals surface area contributed by atoms with Crippen LogP contribution in [0.25, 0.3) is 0 Å². The molecule has 0 unspecified atom stereocenters. The van der Waals surface area contributed by atoms with Crippen LogP contribution >= 0.6 is 11.8 Å². The molecule has 0 saturated heterocycles. The molecule has 0 aliphatic heterocycles. The van der Waals surface area contributed by atoms with Crippen LogP contribution in [0.4, 0.5) is 0 Å². The lowest BCUT2D eigenvalue weighted by atomic mass is 10.2. The summed E-state index contributed by atoms with van der Waals surface area (Å²) >= 11 is 1.60. The minimum absolute atomic E-state index is 0.127. The van der Waals surface area contributed by atoms with Crippen LogP contribution in [0.5, 0.6) is 5.75 Å². The highest BCUT2D eigenvalue weighted by Crippen LogP contribution is 2.19. The molecule has 142 valence electrons. The highest BCUT2D eigenvalue weighted by atomic mass is 32.2. The van der Waals surface area contributed by atoms with E-state index in [0.29, 0.717) is 24.5 Å². The lowest BCUT2D eigenvalue weighted by molar-refractivity contribution is 0.0955. The number of aromatic nitrogens is 3. The van der Waals surface area contributed by atoms with Crippen molar-refractivity contribution in [3.8, 4) is 5.75 Å². The summed E-state index contributed by atoms with van der Waals surface area (Å²) in [4.78, 5) is 16.6. The zero-order valence-electron chi connectivity index (χ0n) is 15.6. The van der Waals surface area contributed by atoms with E-state index in [2.05, 4.69) is 15.5 Å². The molecule has 0 radical (unpaired) electrons. The Kier molecular flexibility index (Phi) is 6.18. The predicted octanol–water partition coefficient (Wildman–Crippen LogP) is 3.13. The van der Waals surface area contributed by atoms with Crippen LogP contribution in [0.15, 0.2) is 46.3 Å². The van der Waals surface area contributed by atoms with Crippen molar-refractivity contribution >= 4 is 17.7 Å². The first kappa shape index (κ1) is 19.0. The number of benzene rings is 1. The first-order chi connectivity index (χ1) is 13.0. The fraction of sp³-hybridized carbons (Fsp3) is 0.316. The van der Waals surface area contributed by atoms with Crippen molar-refractivity contribution < 1.29 is 14.1 Å². The molecule has 0 aliphatic rings. The Morgan fingerprint density at radius 2 is 2.22 bits per heavy atom. The minimum atomic E-state index is -0.127. The van der Waals surface area contributed by atoms with E-state index >= 15 is 0 Å². The summed E-state index contributed by atoms with van der Waals surface area (Å²) in [5, 5.41) is 7.76. The molecule has 2 aromatic heterocycles. The van der Waals surface area contributed by atoms with E-state index in [4.69, 9.17) is 9.26 Å². The van der Waals surface area contributed by atoms with Gasteiger partial charge >= 0.3 is 0 Å². The zero-order valence-corrected chi connectivity index (χ0v) is 16.4. The first-order valence-electron chi connectivity index (χ1n) is 8.57. The van der Waals surface area contributed by atoms with Gasteiger partial charge in [0.15, 0.2) is 5.16 Å². The number of nitrogens with zero attached hydrogens (tertiary/aromatic N) is 3. The SMILES string of the molecule is Cc1noc(C)c1COc1cccc(C(=O)NCCSc2nccn2C)c1. The molecule has 1 amide bonds. The highest BCUT2D eigenvalue weighted by molar-refractivity contribution is 7.99. The number of ether oxygens (including phenoxy) is 1. The average molecular weight is 386 g/mol. The van der Waals surface area contributed by atoms with E-state index in [-0.39, 0.29) is 5.91 Å². The number of rotatable bonds is 8. The Labute approximate surface area is 162 Å². The fourth-order valence-electron chi connectivity index (χ4n) is 2.49. The van der Waals surface area contributed by atoms with Gasteiger partial charge in [-0.1, -0.05) is 23.0 Å². The lowest BCUT2D eigenvalue weighted by Crippen LogP contribution is -2.25. The van der Waals surface area contributed by atoms with Gasteiger partial charge in [0.05, 0.1) is 11.3 Å². The van der Waals surface area contributed by atoms with Gasteiger partial charge < -0.3 is 19.1 Å². The Morgan fingerprint density at radius 1 is 1.37 bits per heavy atom. The van der Waals surface area contributed by atoms with E-state index in [1.165, 1.54) is 0 Å². The fourth-order valence-corrected chi connectivity index (χ4v) is 3.28. The summed E-state index contributed by atoms with van der Waals surface area (Å²) in [6, 6.07) is 7.13. The third-order valence-electron chi connectivity index (χ3n) is 4.06. The van der Waals surface area contributed by atoms with E-state index in [1.54, 1.807) is 36.2 Å². The van der Waals surface area contributed by atoms with Gasteiger partial charge in [-0.05, 0) is 32.0 Å². The molecule has 1 aromatic carbocycles. The molecule has 3 aromatic rings. The van der Waals surface area contributed by atoms with Crippen LogP contribution < -0.4 is 10.1 Å². The van der Waals surface area contributed by atoms with Crippen molar-refractivity contribution in [2.45, 2.75) is 25.6 Å². The van der Waals surface area contributed by atoms with Crippen molar-refractivity contribution in [2.75, 3.05) is 12.3 Å². The average Bonchev–Trinajstić information content (AvgIpc) is 3.22. The standard InChI is InChI=1S/C19H22N4O3S/c1-13-17(14(2)26-22-13)12-25-16-6-4-5-15(11-16)18(24)20-8-10-27-19-21-7-9-23(19)3/h4-7,9,11H,8,10,12H2,1-3H3,(H,20,24). The highest BCUT2D eigenvalue weighted by Gasteiger charge is 2.11. The quantitative estimate of drug-likeness (QED) is 0.473. The molecule has 7 nitrogen and oxygen atoms in total. The van der Waals surface area contributed by atoms with Crippen molar-refractivity contribution in [1.29, 1.82) is 0 Å². The number of hydrogen-bond acceptors (Lipinski definition) is 6. The summed E-state index contributed by atoms with van der Waals surface area (Å²) < 4.78 is 12.9. The Hall–Kier alpha value is -2.74. The van der Waals surface area contributed by atoms with Crippen LogP contribution in [-0.2, 0) is 13.7 Å². The Balaban J connectivity index is 1.50. The maximum atomic E-state index is 12.3. The summed E-state index contributed by atoms with van der Waals surface area (Å²) in [6.07, 6.45) is 3.66. The van der Waals surface area contributed by atoms with Gasteiger partial charge in [-0.15, -0.1) is 0 Å². The van der Waals surface area contributed by atoms with Gasteiger partial charge in [0.25, 0.3) is 5.91 Å². The summed E-state index contributed by atoms with van der Waals surface area (Å²) in [5.74, 6) is 1.99. The second-order valence-electron chi connectivity index (χ2n) is 6.04. The normalized spacial score (nSPS) is 10.8. The maximum Gasteiger partial charge on any atom is 0.251 e. The van der Waals surface area contributed by atoms with Gasteiger partial charge in [0, 0.05) is 37.3 Å². The third-order valence-corrected chi connectivity index (χ3v) is 5.12. The molecule has 0 atom stereocenters. The Morgan fingerprint density at radius 3 is 2.93 bits per heavy atom. The first-order valence-corrected chi connectivity index (χ1v) is 9.56. The number of carbonyl (C=O) groups is 1. The molecule has 2 heterocycles. The van der Waals surface area contributed by atoms with Gasteiger partial charge in [0.2, 0.25) is 0 Å². The van der Waals surface area contributed by atoms with E-state index in [0.717, 1.165) is 27.9 Å². The van der Waals surface area contributed by atoms with Crippen LogP contribution in [0.1, 0.15) is 27.4 Å². The molecule has 0 bridgehead atoms. The van der Waals surface area contributed by atoms with Crippen LogP contribution in [0, 0.1) is 13.8 Å². The number of imidazole rings is 1.